The van der Waals surface area contributed by atoms with E-state index < -0.39 is 5.91 Å². The lowest BCUT2D eigenvalue weighted by Gasteiger charge is -2.17. The van der Waals surface area contributed by atoms with Crippen molar-refractivity contribution in [3.05, 3.63) is 0 Å². The van der Waals surface area contributed by atoms with E-state index in [4.69, 9.17) is 10.5 Å². The smallest absolute Gasteiger partial charge is 0.243 e. The number of primary amides is 1. The fourth-order valence-electron chi connectivity index (χ4n) is 0.288. The molecule has 0 aliphatic heterocycles. The predicted octanol–water partition coefficient (Wildman–Crippen LogP) is 0.287. The molecule has 0 atom stereocenters. The zero-order chi connectivity index (χ0) is 7.49. The second-order valence-corrected chi connectivity index (χ2v) is 2.87. The summed E-state index contributed by atoms with van der Waals surface area (Å²) >= 11 is 0. The highest BCUT2D eigenvalue weighted by molar-refractivity contribution is 5.75. The van der Waals surface area contributed by atoms with E-state index in [9.17, 15) is 4.79 Å². The number of rotatable bonds is 2. The highest BCUT2D eigenvalue weighted by Crippen LogP contribution is 2.04. The van der Waals surface area contributed by atoms with E-state index in [1.807, 2.05) is 20.8 Å². The average molecular weight is 131 g/mol. The van der Waals surface area contributed by atoms with Gasteiger partial charge in [0.05, 0.1) is 5.60 Å². The molecule has 0 spiro atoms. The third kappa shape index (κ3) is 7.43. The van der Waals surface area contributed by atoms with Crippen LogP contribution in [0.25, 0.3) is 0 Å². The maximum atomic E-state index is 10.1. The molecule has 3 nitrogen and oxygen atoms in total. The topological polar surface area (TPSA) is 52.3 Å². The maximum absolute atomic E-state index is 10.1. The molecule has 0 radical (unpaired) electrons. The SMILES string of the molecule is CC(C)(C)OCC(N)=O. The first kappa shape index (κ1) is 8.43. The van der Waals surface area contributed by atoms with Crippen LogP contribution in [0.3, 0.4) is 0 Å². The number of hydrogen-bond acceptors (Lipinski definition) is 2. The first-order valence-corrected chi connectivity index (χ1v) is 2.84. The Morgan fingerprint density at radius 3 is 2.11 bits per heavy atom. The molecule has 9 heavy (non-hydrogen) atoms. The Bertz CT molecular complexity index is 104. The van der Waals surface area contributed by atoms with Gasteiger partial charge in [0.1, 0.15) is 6.61 Å². The van der Waals surface area contributed by atoms with Crippen molar-refractivity contribution < 1.29 is 9.53 Å². The van der Waals surface area contributed by atoms with Crippen molar-refractivity contribution >= 4 is 5.91 Å². The number of hydrogen-bond donors (Lipinski definition) is 1. The van der Waals surface area contributed by atoms with E-state index in [0.717, 1.165) is 0 Å². The lowest BCUT2D eigenvalue weighted by molar-refractivity contribution is -0.127. The molecule has 0 bridgehead atoms. The van der Waals surface area contributed by atoms with Gasteiger partial charge in [-0.25, -0.2) is 0 Å². The molecule has 0 aliphatic rings. The first-order chi connectivity index (χ1) is 3.92. The summed E-state index contributed by atoms with van der Waals surface area (Å²) < 4.78 is 5.02. The second kappa shape index (κ2) is 2.82. The Hall–Kier alpha value is -0.570. The summed E-state index contributed by atoms with van der Waals surface area (Å²) in [5.74, 6) is -0.426. The standard InChI is InChI=1S/C6H13NO2/c1-6(2,3)9-4-5(7)8/h4H2,1-3H3,(H2,7,8). The van der Waals surface area contributed by atoms with Crippen molar-refractivity contribution in [1.82, 2.24) is 0 Å². The largest absolute Gasteiger partial charge is 0.368 e. The lowest BCUT2D eigenvalue weighted by Crippen LogP contribution is -2.27. The van der Waals surface area contributed by atoms with Gasteiger partial charge in [0.25, 0.3) is 0 Å². The van der Waals surface area contributed by atoms with E-state index in [1.165, 1.54) is 0 Å². The number of ether oxygens (including phenoxy) is 1. The van der Waals surface area contributed by atoms with Crippen LogP contribution in [0.4, 0.5) is 0 Å². The Morgan fingerprint density at radius 2 is 2.00 bits per heavy atom. The van der Waals surface area contributed by atoms with Gasteiger partial charge in [-0.3, -0.25) is 4.79 Å². The number of amides is 1. The van der Waals surface area contributed by atoms with Crippen LogP contribution in [-0.4, -0.2) is 18.1 Å². The van der Waals surface area contributed by atoms with Crippen molar-refractivity contribution in [2.24, 2.45) is 5.73 Å². The molecule has 0 saturated heterocycles. The van der Waals surface area contributed by atoms with E-state index in [0.29, 0.717) is 0 Å². The monoisotopic (exact) mass is 131 g/mol. The van der Waals surface area contributed by atoms with Crippen LogP contribution in [0, 0.1) is 0 Å². The van der Waals surface area contributed by atoms with Crippen molar-refractivity contribution in [1.29, 1.82) is 0 Å². The van der Waals surface area contributed by atoms with Crippen molar-refractivity contribution in [3.63, 3.8) is 0 Å². The number of nitrogens with two attached hydrogens (primary N) is 1. The summed E-state index contributed by atoms with van der Waals surface area (Å²) in [6.45, 7) is 5.62. The molecule has 3 heteroatoms. The van der Waals surface area contributed by atoms with Gasteiger partial charge in [0.15, 0.2) is 0 Å². The summed E-state index contributed by atoms with van der Waals surface area (Å²) in [6, 6.07) is 0. The van der Waals surface area contributed by atoms with Gasteiger partial charge in [-0.15, -0.1) is 0 Å². The minimum absolute atomic E-state index is 0.00347. The molecule has 0 aromatic carbocycles. The van der Waals surface area contributed by atoms with Crippen molar-refractivity contribution in [3.8, 4) is 0 Å². The zero-order valence-corrected chi connectivity index (χ0v) is 6.10. The molecular formula is C6H13NO2. The molecule has 0 fully saturated rings. The third-order valence-electron chi connectivity index (χ3n) is 0.647. The van der Waals surface area contributed by atoms with Gasteiger partial charge in [-0.2, -0.15) is 0 Å². The summed E-state index contributed by atoms with van der Waals surface area (Å²) in [5, 5.41) is 0. The fraction of sp³-hybridized carbons (Fsp3) is 0.833. The summed E-state index contributed by atoms with van der Waals surface area (Å²) in [4.78, 5) is 10.1. The normalized spacial score (nSPS) is 11.4. The molecule has 1 amide bonds. The van der Waals surface area contributed by atoms with Gasteiger partial charge < -0.3 is 10.5 Å². The zero-order valence-electron chi connectivity index (χ0n) is 6.10. The van der Waals surface area contributed by atoms with Crippen LogP contribution in [0.2, 0.25) is 0 Å². The van der Waals surface area contributed by atoms with E-state index in [-0.39, 0.29) is 12.2 Å². The summed E-state index contributed by atoms with van der Waals surface area (Å²) in [5.41, 5.74) is 4.57. The number of carbonyl (C=O) groups excluding carboxylic acids is 1. The molecule has 0 aliphatic carbocycles. The summed E-state index contributed by atoms with van der Waals surface area (Å²) in [7, 11) is 0. The van der Waals surface area contributed by atoms with Crippen molar-refractivity contribution in [2.75, 3.05) is 6.61 Å². The second-order valence-electron chi connectivity index (χ2n) is 2.87. The Morgan fingerprint density at radius 1 is 1.56 bits per heavy atom. The van der Waals surface area contributed by atoms with Gasteiger partial charge in [0.2, 0.25) is 5.91 Å². The Balaban J connectivity index is 3.39. The van der Waals surface area contributed by atoms with Crippen LogP contribution in [0.1, 0.15) is 20.8 Å². The van der Waals surface area contributed by atoms with Gasteiger partial charge >= 0.3 is 0 Å². The number of carbonyl (C=O) groups is 1. The third-order valence-corrected chi connectivity index (χ3v) is 0.647. The molecule has 0 heterocycles. The molecule has 0 aromatic rings. The van der Waals surface area contributed by atoms with Gasteiger partial charge in [0, 0.05) is 0 Å². The quantitative estimate of drug-likeness (QED) is 0.585. The van der Waals surface area contributed by atoms with Crippen LogP contribution in [-0.2, 0) is 9.53 Å². The molecule has 0 unspecified atom stereocenters. The molecule has 0 aromatic heterocycles. The molecular weight excluding hydrogens is 118 g/mol. The minimum Gasteiger partial charge on any atom is -0.368 e. The van der Waals surface area contributed by atoms with Crippen LogP contribution >= 0.6 is 0 Å². The molecule has 0 saturated carbocycles. The minimum atomic E-state index is -0.426. The predicted molar refractivity (Wildman–Crippen MR) is 34.9 cm³/mol. The van der Waals surface area contributed by atoms with Crippen LogP contribution in [0.5, 0.6) is 0 Å². The van der Waals surface area contributed by atoms with E-state index in [2.05, 4.69) is 0 Å². The first-order valence-electron chi connectivity index (χ1n) is 2.84. The molecule has 2 N–H and O–H groups in total. The Labute approximate surface area is 55.2 Å². The van der Waals surface area contributed by atoms with E-state index >= 15 is 0 Å². The van der Waals surface area contributed by atoms with Crippen LogP contribution in [0.15, 0.2) is 0 Å². The van der Waals surface area contributed by atoms with Gasteiger partial charge in [-0.05, 0) is 20.8 Å². The highest BCUT2D eigenvalue weighted by atomic mass is 16.5. The molecule has 54 valence electrons. The molecule has 0 rings (SSSR count). The van der Waals surface area contributed by atoms with Crippen molar-refractivity contribution in [2.45, 2.75) is 26.4 Å². The highest BCUT2D eigenvalue weighted by Gasteiger charge is 2.10. The fourth-order valence-corrected chi connectivity index (χ4v) is 0.288. The average Bonchev–Trinajstić information content (AvgIpc) is 1.59. The van der Waals surface area contributed by atoms with Gasteiger partial charge in [-0.1, -0.05) is 0 Å². The summed E-state index contributed by atoms with van der Waals surface area (Å²) in [6.07, 6.45) is 0. The van der Waals surface area contributed by atoms with E-state index in [1.54, 1.807) is 0 Å². The maximum Gasteiger partial charge on any atom is 0.243 e. The van der Waals surface area contributed by atoms with Crippen LogP contribution < -0.4 is 5.73 Å². The Kier molecular flexibility index (Phi) is 2.65. The lowest BCUT2D eigenvalue weighted by atomic mass is 10.2.